The summed E-state index contributed by atoms with van der Waals surface area (Å²) in [6.45, 7) is 6.03. The quantitative estimate of drug-likeness (QED) is 0.695. The number of likely N-dealkylation sites (N-methyl/N-ethyl adjacent to an activating group) is 1. The summed E-state index contributed by atoms with van der Waals surface area (Å²) in [7, 11) is 1.51. The van der Waals surface area contributed by atoms with Gasteiger partial charge >= 0.3 is 0 Å². The second-order valence-corrected chi connectivity index (χ2v) is 8.64. The van der Waals surface area contributed by atoms with Crippen LogP contribution in [0.2, 0.25) is 0 Å². The van der Waals surface area contributed by atoms with E-state index in [1.165, 1.54) is 27.3 Å². The maximum Gasteiger partial charge on any atom is 0.250 e. The first-order valence-electron chi connectivity index (χ1n) is 9.88. The lowest BCUT2D eigenvalue weighted by Crippen LogP contribution is -2.49. The average Bonchev–Trinajstić information content (AvgIpc) is 3.28. The minimum Gasteiger partial charge on any atom is -0.391 e. The van der Waals surface area contributed by atoms with Crippen LogP contribution in [0.1, 0.15) is 38.9 Å². The first kappa shape index (κ1) is 21.7. The summed E-state index contributed by atoms with van der Waals surface area (Å²) < 4.78 is 2.98. The molecule has 2 aromatic heterocycles. The molecule has 1 aliphatic rings. The third-order valence-corrected chi connectivity index (χ3v) is 5.22. The lowest BCUT2D eigenvalue weighted by atomic mass is 9.85. The molecule has 2 N–H and O–H groups in total. The molecule has 2 amide bonds. The van der Waals surface area contributed by atoms with Gasteiger partial charge in [-0.2, -0.15) is 0 Å². The Hall–Kier alpha value is -3.01. The van der Waals surface area contributed by atoms with Crippen LogP contribution in [0.3, 0.4) is 0 Å². The van der Waals surface area contributed by atoms with Crippen LogP contribution >= 0.6 is 0 Å². The van der Waals surface area contributed by atoms with Crippen LogP contribution in [-0.2, 0) is 16.1 Å². The second-order valence-electron chi connectivity index (χ2n) is 8.64. The molecule has 0 bridgehead atoms. The van der Waals surface area contributed by atoms with Crippen LogP contribution in [0.4, 0.5) is 0 Å². The predicted octanol–water partition coefficient (Wildman–Crippen LogP) is -0.217. The van der Waals surface area contributed by atoms with Crippen molar-refractivity contribution in [2.45, 2.75) is 51.9 Å². The molecule has 0 saturated carbocycles. The highest BCUT2D eigenvalue weighted by molar-refractivity contribution is 5.90. The van der Waals surface area contributed by atoms with E-state index < -0.39 is 23.6 Å². The Morgan fingerprint density at radius 3 is 2.70 bits per heavy atom. The van der Waals surface area contributed by atoms with Gasteiger partial charge in [0.25, 0.3) is 5.56 Å². The van der Waals surface area contributed by atoms with Gasteiger partial charge in [0.2, 0.25) is 11.8 Å². The number of nitrogens with zero attached hydrogens (tertiary/aromatic N) is 5. The van der Waals surface area contributed by atoms with E-state index in [2.05, 4.69) is 15.6 Å². The molecule has 0 aliphatic carbocycles. The Morgan fingerprint density at radius 1 is 1.33 bits per heavy atom. The second kappa shape index (κ2) is 8.39. The number of aliphatic hydroxyl groups is 1. The van der Waals surface area contributed by atoms with Crippen molar-refractivity contribution >= 4 is 11.8 Å². The topological polar surface area (TPSA) is 122 Å². The van der Waals surface area contributed by atoms with Gasteiger partial charge in [-0.15, -0.1) is 5.10 Å². The monoisotopic (exact) mass is 416 g/mol. The van der Waals surface area contributed by atoms with Crippen molar-refractivity contribution in [2.24, 2.45) is 5.41 Å². The summed E-state index contributed by atoms with van der Waals surface area (Å²) in [6, 6.07) is 3.42. The fourth-order valence-electron chi connectivity index (χ4n) is 3.79. The number of pyridine rings is 1. The summed E-state index contributed by atoms with van der Waals surface area (Å²) in [6.07, 6.45) is 2.75. The SMILES string of the molecule is CNC(=O)[C@H]1CC(O)CN1C(=O)C(n1cc(Cn2ccccc2=O)nn1)C(C)(C)C. The maximum absolute atomic E-state index is 13.5. The number of aromatic nitrogens is 4. The van der Waals surface area contributed by atoms with Crippen LogP contribution in [-0.4, -0.2) is 67.1 Å². The van der Waals surface area contributed by atoms with Crippen molar-refractivity contribution in [3.8, 4) is 0 Å². The molecule has 10 heteroatoms. The van der Waals surface area contributed by atoms with Gasteiger partial charge in [0.05, 0.1) is 18.8 Å². The van der Waals surface area contributed by atoms with Gasteiger partial charge in [-0.3, -0.25) is 14.4 Å². The van der Waals surface area contributed by atoms with Gasteiger partial charge in [0.15, 0.2) is 0 Å². The fourth-order valence-corrected chi connectivity index (χ4v) is 3.79. The van der Waals surface area contributed by atoms with Crippen molar-refractivity contribution in [3.05, 3.63) is 46.6 Å². The summed E-state index contributed by atoms with van der Waals surface area (Å²) in [5, 5.41) is 20.9. The van der Waals surface area contributed by atoms with E-state index in [0.717, 1.165) is 0 Å². The number of nitrogens with one attached hydrogen (secondary N) is 1. The predicted molar refractivity (Wildman–Crippen MR) is 109 cm³/mol. The van der Waals surface area contributed by atoms with Crippen LogP contribution in [0.15, 0.2) is 35.4 Å². The molecule has 1 saturated heterocycles. The minimum atomic E-state index is -0.756. The van der Waals surface area contributed by atoms with Gasteiger partial charge in [-0.1, -0.05) is 32.1 Å². The highest BCUT2D eigenvalue weighted by atomic mass is 16.3. The van der Waals surface area contributed by atoms with Gasteiger partial charge in [-0.05, 0) is 11.5 Å². The van der Waals surface area contributed by atoms with Crippen LogP contribution in [0, 0.1) is 5.41 Å². The lowest BCUT2D eigenvalue weighted by molar-refractivity contribution is -0.144. The first-order valence-corrected chi connectivity index (χ1v) is 9.88. The van der Waals surface area contributed by atoms with E-state index >= 15 is 0 Å². The molecule has 3 atom stereocenters. The Labute approximate surface area is 174 Å². The number of aliphatic hydroxyl groups excluding tert-OH is 1. The molecule has 0 aromatic carbocycles. The van der Waals surface area contributed by atoms with E-state index in [4.69, 9.17) is 0 Å². The van der Waals surface area contributed by atoms with Crippen LogP contribution in [0.25, 0.3) is 0 Å². The van der Waals surface area contributed by atoms with E-state index in [1.54, 1.807) is 24.5 Å². The summed E-state index contributed by atoms with van der Waals surface area (Å²) in [5.74, 6) is -0.615. The third kappa shape index (κ3) is 4.43. The Kier molecular flexibility index (Phi) is 6.06. The van der Waals surface area contributed by atoms with Gasteiger partial charge in [0.1, 0.15) is 17.8 Å². The zero-order chi connectivity index (χ0) is 22.1. The van der Waals surface area contributed by atoms with Gasteiger partial charge < -0.3 is 19.9 Å². The molecule has 30 heavy (non-hydrogen) atoms. The number of rotatable bonds is 5. The fraction of sp³-hybridized carbons (Fsp3) is 0.550. The number of hydrogen-bond donors (Lipinski definition) is 2. The van der Waals surface area contributed by atoms with Crippen molar-refractivity contribution in [1.82, 2.24) is 29.8 Å². The minimum absolute atomic E-state index is 0.0878. The largest absolute Gasteiger partial charge is 0.391 e. The number of carbonyl (C=O) groups is 2. The molecular formula is C20H28N6O4. The molecule has 2 unspecified atom stereocenters. The molecule has 1 aliphatic heterocycles. The lowest BCUT2D eigenvalue weighted by Gasteiger charge is -2.34. The normalized spacial score (nSPS) is 20.2. The Morgan fingerprint density at radius 2 is 2.07 bits per heavy atom. The molecule has 3 heterocycles. The van der Waals surface area contributed by atoms with Crippen molar-refractivity contribution in [3.63, 3.8) is 0 Å². The van der Waals surface area contributed by atoms with Crippen LogP contribution < -0.4 is 10.9 Å². The number of hydrogen-bond acceptors (Lipinski definition) is 6. The van der Waals surface area contributed by atoms with Gasteiger partial charge in [-0.25, -0.2) is 4.68 Å². The smallest absolute Gasteiger partial charge is 0.250 e. The molecule has 2 aromatic rings. The summed E-state index contributed by atoms with van der Waals surface area (Å²) in [5.41, 5.74) is -0.156. The van der Waals surface area contributed by atoms with E-state index in [-0.39, 0.29) is 36.9 Å². The van der Waals surface area contributed by atoms with Crippen molar-refractivity contribution in [1.29, 1.82) is 0 Å². The molecule has 1 fully saturated rings. The van der Waals surface area contributed by atoms with Crippen molar-refractivity contribution in [2.75, 3.05) is 13.6 Å². The van der Waals surface area contributed by atoms with Crippen molar-refractivity contribution < 1.29 is 14.7 Å². The zero-order valence-electron chi connectivity index (χ0n) is 17.6. The van der Waals surface area contributed by atoms with E-state index in [0.29, 0.717) is 5.69 Å². The Bertz CT molecular complexity index is 976. The third-order valence-electron chi connectivity index (χ3n) is 5.22. The number of likely N-dealkylation sites (tertiary alicyclic amines) is 1. The summed E-state index contributed by atoms with van der Waals surface area (Å²) >= 11 is 0. The molecule has 0 spiro atoms. The number of amides is 2. The standard InChI is InChI=1S/C20H28N6O4/c1-20(2,3)17(19(30)25-12-14(27)9-15(25)18(29)21-4)26-11-13(22-23-26)10-24-8-6-5-7-16(24)28/h5-8,11,14-15,17,27H,9-10,12H2,1-4H3,(H,21,29)/t14?,15-,17?/m1/s1. The molecule has 10 nitrogen and oxygen atoms in total. The first-order chi connectivity index (χ1) is 14.1. The van der Waals surface area contributed by atoms with E-state index in [9.17, 15) is 19.5 Å². The van der Waals surface area contributed by atoms with Crippen LogP contribution in [0.5, 0.6) is 0 Å². The number of carbonyl (C=O) groups excluding carboxylic acids is 2. The highest BCUT2D eigenvalue weighted by Crippen LogP contribution is 2.34. The molecular weight excluding hydrogens is 388 g/mol. The Balaban J connectivity index is 1.89. The van der Waals surface area contributed by atoms with Gasteiger partial charge in [0, 0.05) is 32.3 Å². The number of β-amino-alcohol motifs (C(OH)–C–C–N with tert-alkyl or cyclic N) is 1. The highest BCUT2D eigenvalue weighted by Gasteiger charge is 2.44. The molecule has 162 valence electrons. The maximum atomic E-state index is 13.5. The average molecular weight is 416 g/mol. The van der Waals surface area contributed by atoms with E-state index in [1.807, 2.05) is 20.8 Å². The summed E-state index contributed by atoms with van der Waals surface area (Å²) in [4.78, 5) is 39.1. The molecule has 0 radical (unpaired) electrons. The molecule has 3 rings (SSSR count). The zero-order valence-corrected chi connectivity index (χ0v) is 17.6.